The molecule has 0 aromatic heterocycles. The summed E-state index contributed by atoms with van der Waals surface area (Å²) in [4.78, 5) is 0. The molecule has 0 amide bonds. The molecule has 0 aliphatic heterocycles. The Labute approximate surface area is 142 Å². The Kier molecular flexibility index (Phi) is 4.55. The molecule has 1 N–H and O–H groups in total. The minimum atomic E-state index is 0.355. The normalized spacial score (nSPS) is 15.6. The van der Waals surface area contributed by atoms with Crippen LogP contribution >= 0.6 is 31.9 Å². The van der Waals surface area contributed by atoms with Gasteiger partial charge in [0.2, 0.25) is 0 Å². The number of nitrogens with one attached hydrogen (secondary N) is 1. The monoisotopic (exact) mass is 409 g/mol. The third-order valence-corrected chi connectivity index (χ3v) is 4.96. The van der Waals surface area contributed by atoms with Crippen LogP contribution in [-0.4, -0.2) is 7.11 Å². The van der Waals surface area contributed by atoms with Crippen molar-refractivity contribution in [1.29, 1.82) is 0 Å². The van der Waals surface area contributed by atoms with E-state index in [2.05, 4.69) is 67.5 Å². The predicted octanol–water partition coefficient (Wildman–Crippen LogP) is 5.78. The highest BCUT2D eigenvalue weighted by molar-refractivity contribution is 9.11. The second kappa shape index (κ2) is 6.41. The van der Waals surface area contributed by atoms with Crippen LogP contribution in [0.5, 0.6) is 5.75 Å². The number of ether oxygens (including phenoxy) is 1. The highest BCUT2D eigenvalue weighted by atomic mass is 79.9. The van der Waals surface area contributed by atoms with Crippen LogP contribution in [-0.2, 0) is 0 Å². The molecule has 0 spiro atoms. The summed E-state index contributed by atoms with van der Waals surface area (Å²) in [6, 6.07) is 15.0. The van der Waals surface area contributed by atoms with Crippen LogP contribution in [0.4, 0.5) is 5.69 Å². The standard InChI is InChI=1S/C17H17Br2NO/c1-21-14-7-4-12(5-8-14)17(11-2-3-11)20-16-9-6-13(18)10-15(16)19/h4-11,17,20H,2-3H2,1H3. The van der Waals surface area contributed by atoms with Crippen LogP contribution < -0.4 is 10.1 Å². The molecule has 1 saturated carbocycles. The number of hydrogen-bond donors (Lipinski definition) is 1. The highest BCUT2D eigenvalue weighted by Crippen LogP contribution is 2.44. The minimum absolute atomic E-state index is 0.355. The molecule has 1 atom stereocenters. The zero-order valence-corrected chi connectivity index (χ0v) is 14.9. The van der Waals surface area contributed by atoms with Crippen LogP contribution in [0.25, 0.3) is 0 Å². The van der Waals surface area contributed by atoms with Gasteiger partial charge in [-0.05, 0) is 70.6 Å². The average Bonchev–Trinajstić information content (AvgIpc) is 3.31. The summed E-state index contributed by atoms with van der Waals surface area (Å²) in [5.74, 6) is 1.62. The molecule has 0 bridgehead atoms. The summed E-state index contributed by atoms with van der Waals surface area (Å²) in [6.45, 7) is 0. The Bertz CT molecular complexity index is 623. The van der Waals surface area contributed by atoms with E-state index in [1.165, 1.54) is 18.4 Å². The Morgan fingerprint density at radius 2 is 1.81 bits per heavy atom. The molecule has 2 nitrogen and oxygen atoms in total. The Balaban J connectivity index is 1.84. The number of rotatable bonds is 5. The average molecular weight is 411 g/mol. The molecule has 1 unspecified atom stereocenters. The molecular formula is C17H17Br2NO. The first-order chi connectivity index (χ1) is 10.2. The van der Waals surface area contributed by atoms with Crippen molar-refractivity contribution in [3.8, 4) is 5.75 Å². The van der Waals surface area contributed by atoms with Gasteiger partial charge in [-0.3, -0.25) is 0 Å². The quantitative estimate of drug-likeness (QED) is 0.674. The van der Waals surface area contributed by atoms with Crippen molar-refractivity contribution in [2.24, 2.45) is 5.92 Å². The van der Waals surface area contributed by atoms with Gasteiger partial charge >= 0.3 is 0 Å². The Morgan fingerprint density at radius 3 is 2.38 bits per heavy atom. The summed E-state index contributed by atoms with van der Waals surface area (Å²) in [6.07, 6.45) is 2.58. The van der Waals surface area contributed by atoms with Crippen molar-refractivity contribution >= 4 is 37.5 Å². The van der Waals surface area contributed by atoms with Crippen LogP contribution in [0.15, 0.2) is 51.4 Å². The van der Waals surface area contributed by atoms with E-state index in [4.69, 9.17) is 4.74 Å². The lowest BCUT2D eigenvalue weighted by Crippen LogP contribution is -2.13. The summed E-state index contributed by atoms with van der Waals surface area (Å²) in [7, 11) is 1.70. The van der Waals surface area contributed by atoms with Crippen LogP contribution in [0.2, 0.25) is 0 Å². The third-order valence-electron chi connectivity index (χ3n) is 3.81. The molecule has 0 heterocycles. The predicted molar refractivity (Wildman–Crippen MR) is 93.9 cm³/mol. The molecule has 2 aromatic rings. The largest absolute Gasteiger partial charge is 0.497 e. The molecule has 1 fully saturated rings. The van der Waals surface area contributed by atoms with Crippen LogP contribution in [0, 0.1) is 5.92 Å². The SMILES string of the molecule is COc1ccc(C(Nc2ccc(Br)cc2Br)C2CC2)cc1. The van der Waals surface area contributed by atoms with Gasteiger partial charge in [-0.1, -0.05) is 28.1 Å². The van der Waals surface area contributed by atoms with Crippen LogP contribution in [0.3, 0.4) is 0 Å². The molecule has 1 aliphatic rings. The van der Waals surface area contributed by atoms with E-state index in [-0.39, 0.29) is 0 Å². The topological polar surface area (TPSA) is 21.3 Å². The summed E-state index contributed by atoms with van der Waals surface area (Å²) in [5, 5.41) is 3.68. The van der Waals surface area contributed by atoms with E-state index in [9.17, 15) is 0 Å². The van der Waals surface area contributed by atoms with Crippen molar-refractivity contribution in [1.82, 2.24) is 0 Å². The molecule has 0 saturated heterocycles. The summed E-state index contributed by atoms with van der Waals surface area (Å²) < 4.78 is 7.40. The first kappa shape index (κ1) is 14.9. The molecule has 4 heteroatoms. The summed E-state index contributed by atoms with van der Waals surface area (Å²) >= 11 is 7.12. The lowest BCUT2D eigenvalue weighted by Gasteiger charge is -2.21. The molecule has 110 valence electrons. The molecule has 1 aliphatic carbocycles. The van der Waals surface area contributed by atoms with Crippen molar-refractivity contribution in [3.05, 3.63) is 57.0 Å². The van der Waals surface area contributed by atoms with Gasteiger partial charge in [0.1, 0.15) is 5.75 Å². The number of halogens is 2. The fourth-order valence-electron chi connectivity index (χ4n) is 2.49. The van der Waals surface area contributed by atoms with Gasteiger partial charge in [-0.15, -0.1) is 0 Å². The van der Waals surface area contributed by atoms with Crippen molar-refractivity contribution in [2.75, 3.05) is 12.4 Å². The van der Waals surface area contributed by atoms with Crippen molar-refractivity contribution in [3.63, 3.8) is 0 Å². The van der Waals surface area contributed by atoms with E-state index < -0.39 is 0 Å². The zero-order valence-electron chi connectivity index (χ0n) is 11.8. The van der Waals surface area contributed by atoms with Crippen LogP contribution in [0.1, 0.15) is 24.4 Å². The van der Waals surface area contributed by atoms with E-state index in [1.54, 1.807) is 7.11 Å². The first-order valence-corrected chi connectivity index (χ1v) is 8.61. The molecule has 3 rings (SSSR count). The molecular weight excluding hydrogens is 394 g/mol. The second-order valence-electron chi connectivity index (χ2n) is 5.36. The lowest BCUT2D eigenvalue weighted by atomic mass is 10.0. The summed E-state index contributed by atoms with van der Waals surface area (Å²) in [5.41, 5.74) is 2.44. The van der Waals surface area contributed by atoms with Gasteiger partial charge < -0.3 is 10.1 Å². The maximum Gasteiger partial charge on any atom is 0.118 e. The van der Waals surface area contributed by atoms with Gasteiger partial charge in [-0.25, -0.2) is 0 Å². The van der Waals surface area contributed by atoms with Crippen molar-refractivity contribution in [2.45, 2.75) is 18.9 Å². The highest BCUT2D eigenvalue weighted by Gasteiger charge is 2.32. The molecule has 21 heavy (non-hydrogen) atoms. The number of anilines is 1. The minimum Gasteiger partial charge on any atom is -0.497 e. The second-order valence-corrected chi connectivity index (χ2v) is 7.13. The van der Waals surface area contributed by atoms with E-state index in [0.29, 0.717) is 12.0 Å². The maximum absolute atomic E-state index is 5.24. The van der Waals surface area contributed by atoms with Gasteiger partial charge in [0.05, 0.1) is 13.2 Å². The third kappa shape index (κ3) is 3.61. The molecule has 0 radical (unpaired) electrons. The first-order valence-electron chi connectivity index (χ1n) is 7.03. The van der Waals surface area contributed by atoms with E-state index in [1.807, 2.05) is 12.1 Å². The van der Waals surface area contributed by atoms with Gasteiger partial charge in [0.15, 0.2) is 0 Å². The van der Waals surface area contributed by atoms with Gasteiger partial charge in [0, 0.05) is 14.6 Å². The number of methoxy groups -OCH3 is 1. The van der Waals surface area contributed by atoms with E-state index in [0.717, 1.165) is 20.4 Å². The van der Waals surface area contributed by atoms with Gasteiger partial charge in [-0.2, -0.15) is 0 Å². The van der Waals surface area contributed by atoms with Crippen molar-refractivity contribution < 1.29 is 4.74 Å². The number of benzene rings is 2. The Hall–Kier alpha value is -1.000. The fraction of sp³-hybridized carbons (Fsp3) is 0.294. The van der Waals surface area contributed by atoms with E-state index >= 15 is 0 Å². The fourth-order valence-corrected chi connectivity index (χ4v) is 3.65. The number of hydrogen-bond acceptors (Lipinski definition) is 2. The molecule has 2 aromatic carbocycles. The zero-order chi connectivity index (χ0) is 14.8. The van der Waals surface area contributed by atoms with Gasteiger partial charge in [0.25, 0.3) is 0 Å². The maximum atomic E-state index is 5.24. The lowest BCUT2D eigenvalue weighted by molar-refractivity contribution is 0.414. The smallest absolute Gasteiger partial charge is 0.118 e. The Morgan fingerprint density at radius 1 is 1.10 bits per heavy atom.